The third-order valence-corrected chi connectivity index (χ3v) is 12.4. The molecular weight excluding hydrogens is 706 g/mol. The summed E-state index contributed by atoms with van der Waals surface area (Å²) in [6.07, 6.45) is 0. The maximum absolute atomic E-state index is 6.37. The lowest BCUT2D eigenvalue weighted by molar-refractivity contribution is 0.476. The fourth-order valence-electron chi connectivity index (χ4n) is 10.1. The maximum Gasteiger partial charge on any atom is 0.240 e. The van der Waals surface area contributed by atoms with Crippen molar-refractivity contribution in [1.29, 1.82) is 0 Å². The molecule has 0 aliphatic carbocycles. The van der Waals surface area contributed by atoms with Crippen LogP contribution in [0.5, 0.6) is 23.0 Å². The van der Waals surface area contributed by atoms with Crippen molar-refractivity contribution < 1.29 is 9.47 Å². The first-order chi connectivity index (χ1) is 28.4. The van der Waals surface area contributed by atoms with E-state index in [-0.39, 0.29) is 13.4 Å². The Balaban J connectivity index is 1.04. The summed E-state index contributed by atoms with van der Waals surface area (Å²) < 4.78 is 12.7. The van der Waals surface area contributed by atoms with Gasteiger partial charge in [0.1, 0.15) is 0 Å². The monoisotopic (exact) mass is 746 g/mol. The molecule has 6 heteroatoms. The second-order valence-electron chi connectivity index (χ2n) is 15.9. The van der Waals surface area contributed by atoms with Crippen LogP contribution in [0.2, 0.25) is 0 Å². The minimum Gasteiger partial charge on any atom is -0.453 e. The Labute approximate surface area is 341 Å². The van der Waals surface area contributed by atoms with Crippen LogP contribution in [0.4, 0.5) is 34.1 Å². The Morgan fingerprint density at radius 1 is 0.328 bits per heavy atom. The summed E-state index contributed by atoms with van der Waals surface area (Å²) in [4.78, 5) is 4.69. The van der Waals surface area contributed by atoms with E-state index in [1.165, 1.54) is 55.0 Å². The molecule has 0 fully saturated rings. The second kappa shape index (κ2) is 13.3. The number of nitrogens with zero attached hydrogens (tertiary/aromatic N) is 2. The first-order valence-electron chi connectivity index (χ1n) is 20.2. The molecule has 3 aliphatic rings. The van der Waals surface area contributed by atoms with Crippen LogP contribution < -0.4 is 52.1 Å². The van der Waals surface area contributed by atoms with Crippen molar-refractivity contribution in [3.63, 3.8) is 0 Å². The first kappa shape index (κ1) is 34.3. The van der Waals surface area contributed by atoms with E-state index in [0.717, 1.165) is 57.1 Å². The topological polar surface area (TPSA) is 24.9 Å². The quantitative estimate of drug-likeness (QED) is 0.168. The van der Waals surface area contributed by atoms with Crippen LogP contribution in [0.3, 0.4) is 0 Å². The molecule has 8 aromatic rings. The van der Waals surface area contributed by atoms with Gasteiger partial charge in [-0.05, 0) is 100 Å². The van der Waals surface area contributed by atoms with Crippen LogP contribution in [0, 0.1) is 27.7 Å². The highest BCUT2D eigenvalue weighted by Gasteiger charge is 2.41. The molecule has 0 N–H and O–H groups in total. The number of para-hydroxylation sites is 8. The largest absolute Gasteiger partial charge is 0.453 e. The van der Waals surface area contributed by atoms with E-state index in [4.69, 9.17) is 9.47 Å². The van der Waals surface area contributed by atoms with Gasteiger partial charge < -0.3 is 19.3 Å². The average Bonchev–Trinajstić information content (AvgIpc) is 3.24. The van der Waals surface area contributed by atoms with E-state index in [9.17, 15) is 0 Å². The van der Waals surface area contributed by atoms with Crippen molar-refractivity contribution in [1.82, 2.24) is 0 Å². The Bertz CT molecular complexity index is 2580. The van der Waals surface area contributed by atoms with Gasteiger partial charge in [-0.1, -0.05) is 152 Å². The molecule has 0 atom stereocenters. The minimum atomic E-state index is 0.0863. The molecule has 0 saturated carbocycles. The summed E-state index contributed by atoms with van der Waals surface area (Å²) in [6.45, 7) is 9.32. The van der Waals surface area contributed by atoms with Gasteiger partial charge in [-0.15, -0.1) is 0 Å². The summed E-state index contributed by atoms with van der Waals surface area (Å²) in [6, 6.07) is 61.1. The minimum absolute atomic E-state index is 0.0863. The molecule has 0 radical (unpaired) electrons. The number of rotatable bonds is 4. The fourth-order valence-corrected chi connectivity index (χ4v) is 10.1. The van der Waals surface area contributed by atoms with Gasteiger partial charge >= 0.3 is 0 Å². The van der Waals surface area contributed by atoms with E-state index in [2.05, 4.69) is 183 Å². The second-order valence-corrected chi connectivity index (χ2v) is 15.9. The van der Waals surface area contributed by atoms with Crippen LogP contribution in [-0.2, 0) is 0 Å². The zero-order valence-corrected chi connectivity index (χ0v) is 33.0. The smallest absolute Gasteiger partial charge is 0.240 e. The summed E-state index contributed by atoms with van der Waals surface area (Å²) in [7, 11) is 0. The van der Waals surface area contributed by atoms with Crippen LogP contribution >= 0.6 is 0 Å². The van der Waals surface area contributed by atoms with Gasteiger partial charge in [-0.2, -0.15) is 0 Å². The number of anilines is 6. The molecule has 3 heterocycles. The third kappa shape index (κ3) is 5.25. The van der Waals surface area contributed by atoms with E-state index < -0.39 is 0 Å². The SMILES string of the molecule is Cc1cc(N2c3ccccc3Oc3ccccc32)cc(C)c1B1c2ccccc2B(c2c(C)cc(N3c4ccccc4Oc4ccccc43)cc2C)c2ccccc21. The van der Waals surface area contributed by atoms with Gasteiger partial charge in [0.15, 0.2) is 23.0 Å². The molecule has 276 valence electrons. The van der Waals surface area contributed by atoms with Crippen LogP contribution in [0.1, 0.15) is 22.3 Å². The van der Waals surface area contributed by atoms with E-state index in [1.54, 1.807) is 0 Å². The summed E-state index contributed by atoms with van der Waals surface area (Å²) in [5, 5.41) is 0. The average molecular weight is 747 g/mol. The summed E-state index contributed by atoms with van der Waals surface area (Å²) >= 11 is 0. The van der Waals surface area contributed by atoms with Crippen LogP contribution in [-0.4, -0.2) is 13.4 Å². The molecule has 0 aromatic heterocycles. The number of hydrogen-bond acceptors (Lipinski definition) is 4. The van der Waals surface area contributed by atoms with E-state index >= 15 is 0 Å². The van der Waals surface area contributed by atoms with Gasteiger partial charge in [0.2, 0.25) is 13.4 Å². The molecular formula is C52H40B2N2O2. The van der Waals surface area contributed by atoms with E-state index in [0.29, 0.717) is 0 Å². The number of aryl methyl sites for hydroxylation is 4. The van der Waals surface area contributed by atoms with Crippen LogP contribution in [0.15, 0.2) is 170 Å². The summed E-state index contributed by atoms with van der Waals surface area (Å²) in [5.41, 5.74) is 19.7. The zero-order chi connectivity index (χ0) is 39.1. The first-order valence-corrected chi connectivity index (χ1v) is 20.2. The predicted molar refractivity (Wildman–Crippen MR) is 244 cm³/mol. The van der Waals surface area contributed by atoms with Gasteiger partial charge in [0, 0.05) is 11.4 Å². The van der Waals surface area contributed by atoms with Crippen molar-refractivity contribution in [3.05, 3.63) is 192 Å². The van der Waals surface area contributed by atoms with Gasteiger partial charge in [-0.25, -0.2) is 0 Å². The van der Waals surface area contributed by atoms with E-state index in [1.807, 2.05) is 24.3 Å². The predicted octanol–water partition coefficient (Wildman–Crippen LogP) is 9.42. The van der Waals surface area contributed by atoms with Gasteiger partial charge in [0.05, 0.1) is 22.7 Å². The molecule has 0 saturated heterocycles. The molecule has 0 amide bonds. The standard InChI is InChI=1S/C52H40B2N2O2/c1-33-29-37(55-43-21-9-13-25-47(43)57-48-26-14-10-22-44(48)55)30-34(2)51(33)53-39-17-5-7-19-41(39)54(42-20-8-6-18-40(42)53)52-35(3)31-38(32-36(52)4)56-45-23-11-15-27-49(45)58-50-28-16-12-24-46(50)56/h5-32H,1-4H3. The molecule has 3 aliphatic heterocycles. The maximum atomic E-state index is 6.37. The highest BCUT2D eigenvalue weighted by atomic mass is 16.5. The van der Waals surface area contributed by atoms with Crippen molar-refractivity contribution >= 4 is 80.3 Å². The molecule has 58 heavy (non-hydrogen) atoms. The van der Waals surface area contributed by atoms with Gasteiger partial charge in [-0.3, -0.25) is 0 Å². The number of ether oxygens (including phenoxy) is 2. The van der Waals surface area contributed by atoms with Crippen molar-refractivity contribution in [2.75, 3.05) is 9.80 Å². The Hall–Kier alpha value is -6.91. The summed E-state index contributed by atoms with van der Waals surface area (Å²) in [5.74, 6) is 3.44. The molecule has 8 aromatic carbocycles. The lowest BCUT2D eigenvalue weighted by Crippen LogP contribution is -2.75. The van der Waals surface area contributed by atoms with Gasteiger partial charge in [0.25, 0.3) is 0 Å². The molecule has 11 rings (SSSR count). The van der Waals surface area contributed by atoms with Crippen molar-refractivity contribution in [2.45, 2.75) is 27.7 Å². The van der Waals surface area contributed by atoms with Crippen molar-refractivity contribution in [3.8, 4) is 23.0 Å². The zero-order valence-electron chi connectivity index (χ0n) is 33.0. The normalized spacial score (nSPS) is 13.3. The lowest BCUT2D eigenvalue weighted by Gasteiger charge is -2.36. The van der Waals surface area contributed by atoms with Crippen molar-refractivity contribution in [2.24, 2.45) is 0 Å². The Kier molecular flexibility index (Phi) is 7.91. The highest BCUT2D eigenvalue weighted by molar-refractivity contribution is 7.11. The lowest BCUT2D eigenvalue weighted by atomic mass is 9.20. The molecule has 0 spiro atoms. The number of benzene rings is 8. The highest BCUT2D eigenvalue weighted by Crippen LogP contribution is 2.51. The molecule has 0 bridgehead atoms. The number of fused-ring (bicyclic) bond motifs is 6. The molecule has 4 nitrogen and oxygen atoms in total. The number of hydrogen-bond donors (Lipinski definition) is 0. The third-order valence-electron chi connectivity index (χ3n) is 12.4. The Morgan fingerprint density at radius 2 is 0.569 bits per heavy atom. The van der Waals surface area contributed by atoms with Crippen LogP contribution in [0.25, 0.3) is 0 Å². The fraction of sp³-hybridized carbons (Fsp3) is 0.0769. The Morgan fingerprint density at radius 3 is 0.845 bits per heavy atom. The molecule has 0 unspecified atom stereocenters.